The fraction of sp³-hybridized carbons (Fsp3) is 0.200. The number of nitro benzene ring substituents is 1. The Kier molecular flexibility index (Phi) is 4.45. The number of rotatable bonds is 4. The Morgan fingerprint density at radius 2 is 1.95 bits per heavy atom. The number of aliphatic hydroxyl groups excluding tert-OH is 1. The summed E-state index contributed by atoms with van der Waals surface area (Å²) >= 11 is 6.09. The third-order valence-electron chi connectivity index (χ3n) is 2.97. The Balaban J connectivity index is 2.38. The largest absolute Gasteiger partial charge is 0.449 e. The summed E-state index contributed by atoms with van der Waals surface area (Å²) < 4.78 is 5.56. The van der Waals surface area contributed by atoms with Gasteiger partial charge in [0.25, 0.3) is 0 Å². The summed E-state index contributed by atoms with van der Waals surface area (Å²) in [6.45, 7) is 3.44. The highest BCUT2D eigenvalue weighted by Gasteiger charge is 2.17. The van der Waals surface area contributed by atoms with E-state index in [-0.39, 0.29) is 16.5 Å². The topological polar surface area (TPSA) is 72.6 Å². The van der Waals surface area contributed by atoms with Crippen molar-refractivity contribution >= 4 is 17.3 Å². The summed E-state index contributed by atoms with van der Waals surface area (Å²) in [5, 5.41) is 20.8. The van der Waals surface area contributed by atoms with Crippen molar-refractivity contribution < 1.29 is 14.8 Å². The first-order valence-electron chi connectivity index (χ1n) is 6.29. The molecule has 0 aliphatic heterocycles. The maximum atomic E-state index is 11.0. The predicted molar refractivity (Wildman–Crippen MR) is 80.0 cm³/mol. The molecule has 0 aromatic heterocycles. The summed E-state index contributed by atoms with van der Waals surface area (Å²) in [4.78, 5) is 10.5. The van der Waals surface area contributed by atoms with Gasteiger partial charge in [-0.1, -0.05) is 23.7 Å². The molecule has 0 bridgehead atoms. The van der Waals surface area contributed by atoms with Crippen LogP contribution in [-0.2, 0) is 0 Å². The van der Waals surface area contributed by atoms with Crippen LogP contribution in [0.4, 0.5) is 5.69 Å². The molecule has 0 aliphatic carbocycles. The molecule has 2 aromatic rings. The van der Waals surface area contributed by atoms with E-state index in [1.54, 1.807) is 37.3 Å². The fourth-order valence-corrected chi connectivity index (χ4v) is 2.06. The van der Waals surface area contributed by atoms with Crippen LogP contribution in [0.25, 0.3) is 0 Å². The van der Waals surface area contributed by atoms with Crippen molar-refractivity contribution in [2.75, 3.05) is 0 Å². The molecule has 6 heteroatoms. The van der Waals surface area contributed by atoms with Gasteiger partial charge in [0.05, 0.1) is 16.0 Å². The van der Waals surface area contributed by atoms with Crippen LogP contribution < -0.4 is 4.74 Å². The van der Waals surface area contributed by atoms with Gasteiger partial charge in [0.2, 0.25) is 5.75 Å². The molecule has 0 heterocycles. The highest BCUT2D eigenvalue weighted by atomic mass is 35.5. The summed E-state index contributed by atoms with van der Waals surface area (Å²) in [6.07, 6.45) is -0.648. The van der Waals surface area contributed by atoms with Gasteiger partial charge in [0.15, 0.2) is 0 Å². The maximum Gasteiger partial charge on any atom is 0.311 e. The highest BCUT2D eigenvalue weighted by Crippen LogP contribution is 2.36. The lowest BCUT2D eigenvalue weighted by Gasteiger charge is -2.11. The van der Waals surface area contributed by atoms with Gasteiger partial charge in [0.1, 0.15) is 5.75 Å². The fourth-order valence-electron chi connectivity index (χ4n) is 1.83. The van der Waals surface area contributed by atoms with Crippen LogP contribution in [0.15, 0.2) is 36.4 Å². The van der Waals surface area contributed by atoms with E-state index >= 15 is 0 Å². The van der Waals surface area contributed by atoms with E-state index in [0.717, 1.165) is 5.56 Å². The van der Waals surface area contributed by atoms with Crippen LogP contribution in [0.5, 0.6) is 11.5 Å². The van der Waals surface area contributed by atoms with E-state index in [4.69, 9.17) is 16.3 Å². The van der Waals surface area contributed by atoms with Gasteiger partial charge < -0.3 is 9.84 Å². The molecule has 2 aromatic carbocycles. The molecular formula is C15H14ClNO4. The average molecular weight is 308 g/mol. The first-order chi connectivity index (χ1) is 9.88. The second kappa shape index (κ2) is 6.11. The molecule has 5 nitrogen and oxygen atoms in total. The Hall–Kier alpha value is -2.11. The first-order valence-corrected chi connectivity index (χ1v) is 6.66. The van der Waals surface area contributed by atoms with Crippen LogP contribution in [0.2, 0.25) is 5.02 Å². The number of ether oxygens (including phenoxy) is 1. The third-order valence-corrected chi connectivity index (χ3v) is 3.27. The first kappa shape index (κ1) is 15.3. The normalized spacial score (nSPS) is 12.0. The van der Waals surface area contributed by atoms with E-state index in [1.165, 1.54) is 6.07 Å². The molecule has 0 amide bonds. The quantitative estimate of drug-likeness (QED) is 0.671. The molecule has 2 rings (SSSR count). The van der Waals surface area contributed by atoms with Gasteiger partial charge >= 0.3 is 5.69 Å². The predicted octanol–water partition coefficient (Wildman–Crippen LogP) is 4.40. The Morgan fingerprint density at radius 3 is 2.52 bits per heavy atom. The van der Waals surface area contributed by atoms with Crippen LogP contribution in [-0.4, -0.2) is 10.0 Å². The molecule has 1 N–H and O–H groups in total. The average Bonchev–Trinajstić information content (AvgIpc) is 2.40. The monoisotopic (exact) mass is 307 g/mol. The smallest absolute Gasteiger partial charge is 0.311 e. The van der Waals surface area contributed by atoms with E-state index < -0.39 is 11.0 Å². The number of nitrogens with zero attached hydrogens (tertiary/aromatic N) is 1. The second-order valence-electron chi connectivity index (χ2n) is 4.70. The number of aryl methyl sites for hydroxylation is 1. The van der Waals surface area contributed by atoms with Gasteiger partial charge in [-0.3, -0.25) is 10.1 Å². The molecule has 0 radical (unpaired) electrons. The number of hydrogen-bond donors (Lipinski definition) is 1. The molecule has 0 saturated carbocycles. The minimum atomic E-state index is -0.648. The van der Waals surface area contributed by atoms with E-state index in [0.29, 0.717) is 11.3 Å². The van der Waals surface area contributed by atoms with Gasteiger partial charge in [-0.25, -0.2) is 0 Å². The number of hydrogen-bond acceptors (Lipinski definition) is 4. The number of aliphatic hydroxyl groups is 1. The highest BCUT2D eigenvalue weighted by molar-refractivity contribution is 6.32. The maximum absolute atomic E-state index is 11.0. The Labute approximate surface area is 126 Å². The van der Waals surface area contributed by atoms with Crippen molar-refractivity contribution in [2.45, 2.75) is 20.0 Å². The SMILES string of the molecule is Cc1ccc([N+](=O)[O-])c(Oc2ccc([C@H](C)O)cc2Cl)c1. The molecule has 0 aliphatic rings. The van der Waals surface area contributed by atoms with Crippen molar-refractivity contribution in [2.24, 2.45) is 0 Å². The standard InChI is InChI=1S/C15H14ClNO4/c1-9-3-5-13(17(19)20)15(7-9)21-14-6-4-11(10(2)18)8-12(14)16/h3-8,10,18H,1-2H3/t10-/m0/s1. The van der Waals surface area contributed by atoms with E-state index in [2.05, 4.69) is 0 Å². The lowest BCUT2D eigenvalue weighted by atomic mass is 10.1. The number of halogens is 1. The Bertz CT molecular complexity index is 685. The third kappa shape index (κ3) is 3.51. The van der Waals surface area contributed by atoms with Gasteiger partial charge in [-0.2, -0.15) is 0 Å². The minimum absolute atomic E-state index is 0.128. The molecule has 21 heavy (non-hydrogen) atoms. The molecule has 0 saturated heterocycles. The Morgan fingerprint density at radius 1 is 1.24 bits per heavy atom. The lowest BCUT2D eigenvalue weighted by Crippen LogP contribution is -1.96. The van der Waals surface area contributed by atoms with Crippen molar-refractivity contribution in [3.63, 3.8) is 0 Å². The van der Waals surface area contributed by atoms with Crippen LogP contribution in [0.3, 0.4) is 0 Å². The summed E-state index contributed by atoms with van der Waals surface area (Å²) in [5.41, 5.74) is 1.36. The number of benzene rings is 2. The number of nitro groups is 1. The van der Waals surface area contributed by atoms with Crippen molar-refractivity contribution in [1.82, 2.24) is 0 Å². The molecule has 0 unspecified atom stereocenters. The van der Waals surface area contributed by atoms with Crippen molar-refractivity contribution in [3.05, 3.63) is 62.7 Å². The van der Waals surface area contributed by atoms with Crippen LogP contribution in [0, 0.1) is 17.0 Å². The summed E-state index contributed by atoms with van der Waals surface area (Å²) in [5.74, 6) is 0.432. The van der Waals surface area contributed by atoms with Crippen LogP contribution in [0.1, 0.15) is 24.2 Å². The summed E-state index contributed by atoms with van der Waals surface area (Å²) in [6, 6.07) is 9.43. The van der Waals surface area contributed by atoms with Crippen molar-refractivity contribution in [3.8, 4) is 11.5 Å². The molecule has 1 atom stereocenters. The molecular weight excluding hydrogens is 294 g/mol. The van der Waals surface area contributed by atoms with Crippen molar-refractivity contribution in [1.29, 1.82) is 0 Å². The van der Waals surface area contributed by atoms with Crippen LogP contribution >= 0.6 is 11.6 Å². The molecule has 110 valence electrons. The lowest BCUT2D eigenvalue weighted by molar-refractivity contribution is -0.385. The zero-order valence-corrected chi connectivity index (χ0v) is 12.3. The van der Waals surface area contributed by atoms with Gasteiger partial charge in [-0.05, 0) is 43.2 Å². The molecule has 0 fully saturated rings. The minimum Gasteiger partial charge on any atom is -0.449 e. The van der Waals surface area contributed by atoms with E-state index in [1.807, 2.05) is 6.92 Å². The van der Waals surface area contributed by atoms with E-state index in [9.17, 15) is 15.2 Å². The molecule has 0 spiro atoms. The van der Waals surface area contributed by atoms with Gasteiger partial charge in [-0.15, -0.1) is 0 Å². The summed E-state index contributed by atoms with van der Waals surface area (Å²) in [7, 11) is 0. The second-order valence-corrected chi connectivity index (χ2v) is 5.10. The zero-order valence-electron chi connectivity index (χ0n) is 11.5. The van der Waals surface area contributed by atoms with Gasteiger partial charge in [0, 0.05) is 6.07 Å². The zero-order chi connectivity index (χ0) is 15.6.